The third-order valence-electron chi connectivity index (χ3n) is 4.96. The van der Waals surface area contributed by atoms with E-state index < -0.39 is 0 Å². The number of ether oxygens (including phenoxy) is 2. The van der Waals surface area contributed by atoms with E-state index in [1.54, 1.807) is 7.11 Å². The Morgan fingerprint density at radius 3 is 2.39 bits per heavy atom. The molecule has 0 radical (unpaired) electrons. The van der Waals surface area contributed by atoms with E-state index in [0.717, 1.165) is 25.7 Å². The molecule has 0 aliphatic heterocycles. The second-order valence-electron chi connectivity index (χ2n) is 6.70. The van der Waals surface area contributed by atoms with Crippen molar-refractivity contribution in [3.8, 4) is 11.5 Å². The summed E-state index contributed by atoms with van der Waals surface area (Å²) < 4.78 is 11.5. The van der Waals surface area contributed by atoms with Gasteiger partial charge in [0, 0.05) is 11.6 Å². The molecule has 2 fully saturated rings. The van der Waals surface area contributed by atoms with Gasteiger partial charge in [0.1, 0.15) is 0 Å². The maximum absolute atomic E-state index is 12.5. The van der Waals surface area contributed by atoms with Crippen LogP contribution in [0.5, 0.6) is 11.5 Å². The molecule has 2 aliphatic rings. The number of hydrogen-bond donors (Lipinski definition) is 1. The lowest BCUT2D eigenvalue weighted by Crippen LogP contribution is -2.36. The van der Waals surface area contributed by atoms with Crippen LogP contribution in [0.15, 0.2) is 18.2 Å². The van der Waals surface area contributed by atoms with Crippen LogP contribution >= 0.6 is 0 Å². The minimum atomic E-state index is -0.00387. The van der Waals surface area contributed by atoms with E-state index in [1.165, 1.54) is 32.1 Å². The molecule has 1 aromatic carbocycles. The Morgan fingerprint density at radius 2 is 1.70 bits per heavy atom. The van der Waals surface area contributed by atoms with Crippen LogP contribution in [-0.4, -0.2) is 25.2 Å². The highest BCUT2D eigenvalue weighted by atomic mass is 16.5. The predicted molar refractivity (Wildman–Crippen MR) is 90.2 cm³/mol. The molecule has 0 aromatic heterocycles. The van der Waals surface area contributed by atoms with Crippen molar-refractivity contribution in [1.82, 2.24) is 5.32 Å². The number of methoxy groups -OCH3 is 1. The van der Waals surface area contributed by atoms with Crippen molar-refractivity contribution >= 4 is 5.91 Å². The molecule has 0 bridgehead atoms. The van der Waals surface area contributed by atoms with E-state index in [1.807, 2.05) is 18.2 Å². The van der Waals surface area contributed by atoms with Crippen molar-refractivity contribution in [2.75, 3.05) is 7.11 Å². The zero-order chi connectivity index (χ0) is 16.1. The molecule has 0 heterocycles. The first-order valence-electron chi connectivity index (χ1n) is 8.92. The lowest BCUT2D eigenvalue weighted by Gasteiger charge is -2.23. The number of amides is 1. The van der Waals surface area contributed by atoms with E-state index in [4.69, 9.17) is 9.47 Å². The first-order chi connectivity index (χ1) is 11.3. The third kappa shape index (κ3) is 4.18. The molecular formula is C19H27NO3. The Bertz CT molecular complexity index is 531. The second kappa shape index (κ2) is 7.71. The number of carbonyl (C=O) groups excluding carboxylic acids is 1. The van der Waals surface area contributed by atoms with Gasteiger partial charge in [0.25, 0.3) is 5.91 Å². The van der Waals surface area contributed by atoms with Gasteiger partial charge < -0.3 is 14.8 Å². The van der Waals surface area contributed by atoms with Gasteiger partial charge >= 0.3 is 0 Å². The van der Waals surface area contributed by atoms with Gasteiger partial charge in [0.2, 0.25) is 0 Å². The second-order valence-corrected chi connectivity index (χ2v) is 6.70. The molecule has 2 saturated carbocycles. The van der Waals surface area contributed by atoms with Gasteiger partial charge in [-0.2, -0.15) is 0 Å². The maximum Gasteiger partial charge on any atom is 0.251 e. The van der Waals surface area contributed by atoms with Gasteiger partial charge in [-0.3, -0.25) is 4.79 Å². The highest BCUT2D eigenvalue weighted by Crippen LogP contribution is 2.32. The first kappa shape index (κ1) is 16.2. The van der Waals surface area contributed by atoms with E-state index in [-0.39, 0.29) is 12.0 Å². The predicted octanol–water partition coefficient (Wildman–Crippen LogP) is 4.08. The molecule has 4 nitrogen and oxygen atoms in total. The van der Waals surface area contributed by atoms with Crippen LogP contribution in [0.2, 0.25) is 0 Å². The molecular weight excluding hydrogens is 290 g/mol. The summed E-state index contributed by atoms with van der Waals surface area (Å²) in [5, 5.41) is 3.16. The van der Waals surface area contributed by atoms with Gasteiger partial charge in [-0.1, -0.05) is 19.3 Å². The quantitative estimate of drug-likeness (QED) is 0.890. The van der Waals surface area contributed by atoms with Crippen LogP contribution in [0.3, 0.4) is 0 Å². The largest absolute Gasteiger partial charge is 0.493 e. The van der Waals surface area contributed by atoms with Crippen molar-refractivity contribution in [2.45, 2.75) is 69.9 Å². The van der Waals surface area contributed by atoms with Gasteiger partial charge in [0.05, 0.1) is 13.2 Å². The fraction of sp³-hybridized carbons (Fsp3) is 0.632. The fourth-order valence-corrected chi connectivity index (χ4v) is 3.61. The molecule has 1 N–H and O–H groups in total. The van der Waals surface area contributed by atoms with Crippen LogP contribution in [0.25, 0.3) is 0 Å². The van der Waals surface area contributed by atoms with Gasteiger partial charge in [0.15, 0.2) is 11.5 Å². The molecule has 126 valence electrons. The zero-order valence-electron chi connectivity index (χ0n) is 14.0. The van der Waals surface area contributed by atoms with Crippen LogP contribution in [0.1, 0.15) is 68.1 Å². The average molecular weight is 317 g/mol. The van der Waals surface area contributed by atoms with Crippen LogP contribution < -0.4 is 14.8 Å². The standard InChI is InChI=1S/C19H27NO3/c1-22-17-12-11-14(13-18(17)23-16-9-5-6-10-16)19(21)20-15-7-3-2-4-8-15/h11-13,15-16H,2-10H2,1H3,(H,20,21). The van der Waals surface area contributed by atoms with Crippen molar-refractivity contribution in [3.05, 3.63) is 23.8 Å². The summed E-state index contributed by atoms with van der Waals surface area (Å²) in [6, 6.07) is 5.80. The fourth-order valence-electron chi connectivity index (χ4n) is 3.61. The van der Waals surface area contributed by atoms with Crippen molar-refractivity contribution in [3.63, 3.8) is 0 Å². The van der Waals surface area contributed by atoms with Crippen molar-refractivity contribution < 1.29 is 14.3 Å². The summed E-state index contributed by atoms with van der Waals surface area (Å²) in [5.74, 6) is 1.39. The number of carbonyl (C=O) groups is 1. The third-order valence-corrected chi connectivity index (χ3v) is 4.96. The van der Waals surface area contributed by atoms with Crippen LogP contribution in [0, 0.1) is 0 Å². The normalized spacial score (nSPS) is 19.5. The van der Waals surface area contributed by atoms with Gasteiger partial charge in [-0.05, 0) is 56.7 Å². The Hall–Kier alpha value is -1.71. The van der Waals surface area contributed by atoms with Gasteiger partial charge in [-0.15, -0.1) is 0 Å². The topological polar surface area (TPSA) is 47.6 Å². The molecule has 0 unspecified atom stereocenters. The summed E-state index contributed by atoms with van der Waals surface area (Å²) in [6.45, 7) is 0. The molecule has 0 spiro atoms. The van der Waals surface area contributed by atoms with Crippen LogP contribution in [0.4, 0.5) is 0 Å². The summed E-state index contributed by atoms with van der Waals surface area (Å²) in [7, 11) is 1.64. The minimum absolute atomic E-state index is 0.00387. The smallest absolute Gasteiger partial charge is 0.251 e. The monoisotopic (exact) mass is 317 g/mol. The molecule has 1 aromatic rings. The molecule has 1 amide bonds. The Morgan fingerprint density at radius 1 is 1.00 bits per heavy atom. The van der Waals surface area contributed by atoms with Crippen LogP contribution in [-0.2, 0) is 0 Å². The van der Waals surface area contributed by atoms with Crippen molar-refractivity contribution in [2.24, 2.45) is 0 Å². The van der Waals surface area contributed by atoms with E-state index in [0.29, 0.717) is 23.1 Å². The zero-order valence-corrected chi connectivity index (χ0v) is 14.0. The van der Waals surface area contributed by atoms with Gasteiger partial charge in [-0.25, -0.2) is 0 Å². The maximum atomic E-state index is 12.5. The average Bonchev–Trinajstić information content (AvgIpc) is 3.09. The molecule has 2 aliphatic carbocycles. The Labute approximate surface area is 138 Å². The highest BCUT2D eigenvalue weighted by molar-refractivity contribution is 5.95. The summed E-state index contributed by atoms with van der Waals surface area (Å²) in [4.78, 5) is 12.5. The molecule has 4 heteroatoms. The Balaban J connectivity index is 1.69. The van der Waals surface area contributed by atoms with E-state index >= 15 is 0 Å². The molecule has 0 saturated heterocycles. The molecule has 3 rings (SSSR count). The molecule has 23 heavy (non-hydrogen) atoms. The minimum Gasteiger partial charge on any atom is -0.493 e. The summed E-state index contributed by atoms with van der Waals surface area (Å²) in [6.07, 6.45) is 10.7. The number of rotatable bonds is 5. The number of nitrogens with one attached hydrogen (secondary N) is 1. The highest BCUT2D eigenvalue weighted by Gasteiger charge is 2.21. The molecule has 0 atom stereocenters. The number of benzene rings is 1. The van der Waals surface area contributed by atoms with Crippen molar-refractivity contribution in [1.29, 1.82) is 0 Å². The Kier molecular flexibility index (Phi) is 5.42. The van der Waals surface area contributed by atoms with E-state index in [9.17, 15) is 4.79 Å². The number of hydrogen-bond acceptors (Lipinski definition) is 3. The lowest BCUT2D eigenvalue weighted by atomic mass is 9.95. The SMILES string of the molecule is COc1ccc(C(=O)NC2CCCCC2)cc1OC1CCCC1. The lowest BCUT2D eigenvalue weighted by molar-refractivity contribution is 0.0926. The van der Waals surface area contributed by atoms with E-state index in [2.05, 4.69) is 5.32 Å². The first-order valence-corrected chi connectivity index (χ1v) is 8.92. The summed E-state index contributed by atoms with van der Waals surface area (Å²) >= 11 is 0. The summed E-state index contributed by atoms with van der Waals surface area (Å²) in [5.41, 5.74) is 0.657.